The number of amides is 2. The van der Waals surface area contributed by atoms with E-state index in [1.165, 1.54) is 0 Å². The quantitative estimate of drug-likeness (QED) is 0.869. The van der Waals surface area contributed by atoms with Gasteiger partial charge in [0.15, 0.2) is 0 Å². The Morgan fingerprint density at radius 3 is 2.29 bits per heavy atom. The first kappa shape index (κ1) is 15.8. The van der Waals surface area contributed by atoms with Crippen molar-refractivity contribution in [3.8, 4) is 0 Å². The normalized spacial score (nSPS) is 15.1. The van der Waals surface area contributed by atoms with Crippen molar-refractivity contribution in [1.29, 1.82) is 0 Å². The summed E-state index contributed by atoms with van der Waals surface area (Å²) in [7, 11) is 0. The van der Waals surface area contributed by atoms with Gasteiger partial charge < -0.3 is 10.2 Å². The van der Waals surface area contributed by atoms with Crippen LogP contribution in [0.3, 0.4) is 0 Å². The number of benzene rings is 1. The van der Waals surface area contributed by atoms with E-state index in [0.29, 0.717) is 11.3 Å². The van der Waals surface area contributed by atoms with Crippen LogP contribution >= 0.6 is 11.6 Å². The highest BCUT2D eigenvalue weighted by Gasteiger charge is 2.26. The van der Waals surface area contributed by atoms with Crippen molar-refractivity contribution in [2.75, 3.05) is 24.3 Å². The van der Waals surface area contributed by atoms with Gasteiger partial charge in [-0.3, -0.25) is 9.59 Å². The van der Waals surface area contributed by atoms with Crippen LogP contribution in [0.25, 0.3) is 0 Å². The number of hydrogen-bond acceptors (Lipinski definition) is 2. The van der Waals surface area contributed by atoms with Crippen LogP contribution in [0.5, 0.6) is 0 Å². The lowest BCUT2D eigenvalue weighted by Gasteiger charge is -2.20. The van der Waals surface area contributed by atoms with E-state index in [0.717, 1.165) is 25.9 Å². The van der Waals surface area contributed by atoms with Crippen LogP contribution in [-0.4, -0.2) is 35.7 Å². The molecule has 2 amide bonds. The van der Waals surface area contributed by atoms with E-state index in [4.69, 9.17) is 11.6 Å². The van der Waals surface area contributed by atoms with Gasteiger partial charge in [-0.1, -0.05) is 0 Å². The fourth-order valence-electron chi connectivity index (χ4n) is 2.16. The Hall–Kier alpha value is -1.55. The van der Waals surface area contributed by atoms with Crippen LogP contribution in [0.15, 0.2) is 24.3 Å². The lowest BCUT2D eigenvalue weighted by atomic mass is 9.95. The Balaban J connectivity index is 2.02. The lowest BCUT2D eigenvalue weighted by molar-refractivity contribution is -0.122. The van der Waals surface area contributed by atoms with E-state index in [9.17, 15) is 9.59 Å². The van der Waals surface area contributed by atoms with Crippen molar-refractivity contribution < 1.29 is 9.59 Å². The summed E-state index contributed by atoms with van der Waals surface area (Å²) in [4.78, 5) is 26.1. The average molecular weight is 309 g/mol. The molecule has 1 N–H and O–H groups in total. The Morgan fingerprint density at radius 1 is 1.19 bits per heavy atom. The molecule has 0 unspecified atom stereocenters. The predicted octanol–water partition coefficient (Wildman–Crippen LogP) is 3.13. The summed E-state index contributed by atoms with van der Waals surface area (Å²) in [5, 5.41) is 2.82. The molecule has 2 rings (SSSR count). The Morgan fingerprint density at radius 2 is 1.76 bits per heavy atom. The predicted molar refractivity (Wildman–Crippen MR) is 84.7 cm³/mol. The fourth-order valence-corrected chi connectivity index (χ4v) is 2.28. The second-order valence-electron chi connectivity index (χ2n) is 6.05. The molecule has 1 aromatic rings. The summed E-state index contributed by atoms with van der Waals surface area (Å²) in [6, 6.07) is 7.02. The summed E-state index contributed by atoms with van der Waals surface area (Å²) in [5.41, 5.74) is 0.716. The maximum absolute atomic E-state index is 12.2. The Kier molecular flexibility index (Phi) is 4.88. The van der Waals surface area contributed by atoms with Crippen molar-refractivity contribution in [2.45, 2.75) is 26.7 Å². The molecule has 0 saturated carbocycles. The number of carbonyl (C=O) groups excluding carboxylic acids is 2. The number of halogens is 1. The highest BCUT2D eigenvalue weighted by molar-refractivity contribution is 6.20. The highest BCUT2D eigenvalue weighted by Crippen LogP contribution is 2.21. The first-order valence-corrected chi connectivity index (χ1v) is 7.74. The van der Waals surface area contributed by atoms with Gasteiger partial charge in [0.25, 0.3) is 5.91 Å². The molecule has 1 aliphatic rings. The van der Waals surface area contributed by atoms with Gasteiger partial charge in [-0.15, -0.1) is 11.6 Å². The highest BCUT2D eigenvalue weighted by atomic mass is 35.5. The van der Waals surface area contributed by atoms with Crippen molar-refractivity contribution in [2.24, 2.45) is 5.41 Å². The third-order valence-corrected chi connectivity index (χ3v) is 4.40. The van der Waals surface area contributed by atoms with Gasteiger partial charge in [0.1, 0.15) is 0 Å². The summed E-state index contributed by atoms with van der Waals surface area (Å²) >= 11 is 5.78. The third-order valence-electron chi connectivity index (χ3n) is 3.73. The van der Waals surface area contributed by atoms with E-state index in [-0.39, 0.29) is 17.7 Å². The molecule has 0 bridgehead atoms. The number of carbonyl (C=O) groups is 2. The molecule has 1 aliphatic heterocycles. The SMILES string of the molecule is CC(C)(CCl)C(=O)Nc1ccc(C(=O)N2CCCC2)cc1. The van der Waals surface area contributed by atoms with Gasteiger partial charge in [-0.2, -0.15) is 0 Å². The minimum atomic E-state index is -0.619. The van der Waals surface area contributed by atoms with Crippen molar-refractivity contribution in [1.82, 2.24) is 4.90 Å². The number of alkyl halides is 1. The molecule has 4 nitrogen and oxygen atoms in total. The van der Waals surface area contributed by atoms with Gasteiger partial charge in [0.2, 0.25) is 5.91 Å². The number of anilines is 1. The monoisotopic (exact) mass is 308 g/mol. The van der Waals surface area contributed by atoms with E-state index >= 15 is 0 Å². The smallest absolute Gasteiger partial charge is 0.253 e. The number of nitrogens with one attached hydrogen (secondary N) is 1. The number of likely N-dealkylation sites (tertiary alicyclic amines) is 1. The van der Waals surface area contributed by atoms with Crippen molar-refractivity contribution >= 4 is 29.1 Å². The van der Waals surface area contributed by atoms with Gasteiger partial charge in [0, 0.05) is 30.2 Å². The second kappa shape index (κ2) is 6.48. The molecule has 5 heteroatoms. The van der Waals surface area contributed by atoms with E-state index in [2.05, 4.69) is 5.32 Å². The summed E-state index contributed by atoms with van der Waals surface area (Å²) in [5.74, 6) is 0.187. The van der Waals surface area contributed by atoms with Crippen LogP contribution in [-0.2, 0) is 4.79 Å². The van der Waals surface area contributed by atoms with E-state index < -0.39 is 5.41 Å². The van der Waals surface area contributed by atoms with E-state index in [1.807, 2.05) is 4.90 Å². The molecule has 0 atom stereocenters. The van der Waals surface area contributed by atoms with Crippen LogP contribution < -0.4 is 5.32 Å². The molecule has 1 aromatic carbocycles. The van der Waals surface area contributed by atoms with Crippen LogP contribution in [0.2, 0.25) is 0 Å². The van der Waals surface area contributed by atoms with Crippen molar-refractivity contribution in [3.63, 3.8) is 0 Å². The largest absolute Gasteiger partial charge is 0.339 e. The molecule has 0 spiro atoms. The fraction of sp³-hybridized carbons (Fsp3) is 0.500. The topological polar surface area (TPSA) is 49.4 Å². The van der Waals surface area contributed by atoms with Crippen LogP contribution in [0.1, 0.15) is 37.0 Å². The Bertz CT molecular complexity index is 520. The molecular weight excluding hydrogens is 288 g/mol. The van der Waals surface area contributed by atoms with Gasteiger partial charge in [-0.05, 0) is 51.0 Å². The van der Waals surface area contributed by atoms with Gasteiger partial charge >= 0.3 is 0 Å². The first-order valence-electron chi connectivity index (χ1n) is 7.21. The molecule has 1 saturated heterocycles. The zero-order valence-corrected chi connectivity index (χ0v) is 13.2. The zero-order chi connectivity index (χ0) is 15.5. The van der Waals surface area contributed by atoms with Gasteiger partial charge in [0.05, 0.1) is 5.41 Å². The van der Waals surface area contributed by atoms with Crippen LogP contribution in [0.4, 0.5) is 5.69 Å². The molecule has 1 heterocycles. The Labute approximate surface area is 130 Å². The average Bonchev–Trinajstić information content (AvgIpc) is 3.01. The number of nitrogens with zero attached hydrogens (tertiary/aromatic N) is 1. The standard InChI is InChI=1S/C16H21ClN2O2/c1-16(2,11-17)15(21)18-13-7-5-12(6-8-13)14(20)19-9-3-4-10-19/h5-8H,3-4,9-11H2,1-2H3,(H,18,21). The molecule has 0 aliphatic carbocycles. The maximum Gasteiger partial charge on any atom is 0.253 e. The number of rotatable bonds is 4. The maximum atomic E-state index is 12.2. The minimum Gasteiger partial charge on any atom is -0.339 e. The molecular formula is C16H21ClN2O2. The summed E-state index contributed by atoms with van der Waals surface area (Å²) in [6.45, 7) is 5.25. The third kappa shape index (κ3) is 3.76. The molecule has 21 heavy (non-hydrogen) atoms. The first-order chi connectivity index (χ1) is 9.94. The van der Waals surface area contributed by atoms with Crippen LogP contribution in [0, 0.1) is 5.41 Å². The molecule has 0 radical (unpaired) electrons. The summed E-state index contributed by atoms with van der Waals surface area (Å²) < 4.78 is 0. The van der Waals surface area contributed by atoms with E-state index in [1.54, 1.807) is 38.1 Å². The van der Waals surface area contributed by atoms with Crippen molar-refractivity contribution in [3.05, 3.63) is 29.8 Å². The number of hydrogen-bond donors (Lipinski definition) is 1. The molecule has 1 fully saturated rings. The second-order valence-corrected chi connectivity index (χ2v) is 6.32. The zero-order valence-electron chi connectivity index (χ0n) is 12.5. The van der Waals surface area contributed by atoms with Gasteiger partial charge in [-0.25, -0.2) is 0 Å². The lowest BCUT2D eigenvalue weighted by Crippen LogP contribution is -2.32. The summed E-state index contributed by atoms with van der Waals surface area (Å²) in [6.07, 6.45) is 2.15. The minimum absolute atomic E-state index is 0.0615. The molecule has 0 aromatic heterocycles. The molecule has 114 valence electrons.